The van der Waals surface area contributed by atoms with Gasteiger partial charge < -0.3 is 10.1 Å². The normalized spacial score (nSPS) is 37.4. The number of rotatable bonds is 4. The molecule has 0 amide bonds. The SMILES string of the molecule is COC1CCCC1N1CC(C(C)C)NCC1C(C)C. The maximum Gasteiger partial charge on any atom is 0.0726 e. The van der Waals surface area contributed by atoms with E-state index in [1.54, 1.807) is 0 Å². The summed E-state index contributed by atoms with van der Waals surface area (Å²) in [6.07, 6.45) is 4.33. The molecule has 1 aliphatic heterocycles. The van der Waals surface area contributed by atoms with E-state index in [1.807, 2.05) is 7.11 Å². The second-order valence-electron chi connectivity index (χ2n) is 7.04. The molecule has 3 nitrogen and oxygen atoms in total. The Labute approximate surface area is 119 Å². The summed E-state index contributed by atoms with van der Waals surface area (Å²) >= 11 is 0. The van der Waals surface area contributed by atoms with E-state index < -0.39 is 0 Å². The molecule has 2 aliphatic rings. The third-order valence-corrected chi connectivity index (χ3v) is 5.14. The van der Waals surface area contributed by atoms with Gasteiger partial charge in [-0.25, -0.2) is 0 Å². The number of nitrogens with one attached hydrogen (secondary N) is 1. The molecule has 0 aromatic heterocycles. The molecule has 4 unspecified atom stereocenters. The molecule has 0 bridgehead atoms. The highest BCUT2D eigenvalue weighted by atomic mass is 16.5. The fraction of sp³-hybridized carbons (Fsp3) is 1.00. The quantitative estimate of drug-likeness (QED) is 0.848. The van der Waals surface area contributed by atoms with E-state index in [0.29, 0.717) is 36.1 Å². The highest BCUT2D eigenvalue weighted by Crippen LogP contribution is 2.31. The fourth-order valence-electron chi connectivity index (χ4n) is 3.82. The van der Waals surface area contributed by atoms with Gasteiger partial charge in [0, 0.05) is 38.3 Å². The zero-order chi connectivity index (χ0) is 14.0. The zero-order valence-corrected chi connectivity index (χ0v) is 13.4. The van der Waals surface area contributed by atoms with E-state index in [2.05, 4.69) is 37.9 Å². The average molecular weight is 268 g/mol. The molecule has 1 aliphatic carbocycles. The summed E-state index contributed by atoms with van der Waals surface area (Å²) in [4.78, 5) is 2.77. The Morgan fingerprint density at radius 1 is 1.11 bits per heavy atom. The molecule has 0 aromatic rings. The van der Waals surface area contributed by atoms with Gasteiger partial charge in [-0.2, -0.15) is 0 Å². The molecule has 0 spiro atoms. The molecule has 2 fully saturated rings. The van der Waals surface area contributed by atoms with Crippen LogP contribution in [0.4, 0.5) is 0 Å². The molecule has 0 aromatic carbocycles. The molecule has 4 atom stereocenters. The van der Waals surface area contributed by atoms with Crippen LogP contribution in [0.2, 0.25) is 0 Å². The van der Waals surface area contributed by atoms with Crippen LogP contribution in [0, 0.1) is 11.8 Å². The molecule has 1 saturated heterocycles. The summed E-state index contributed by atoms with van der Waals surface area (Å²) in [6, 6.07) is 1.93. The summed E-state index contributed by atoms with van der Waals surface area (Å²) in [7, 11) is 1.88. The number of nitrogens with zero attached hydrogens (tertiary/aromatic N) is 1. The van der Waals surface area contributed by atoms with Crippen LogP contribution in [0.15, 0.2) is 0 Å². The third kappa shape index (κ3) is 3.32. The lowest BCUT2D eigenvalue weighted by atomic mass is 9.92. The second-order valence-corrected chi connectivity index (χ2v) is 7.04. The highest BCUT2D eigenvalue weighted by molar-refractivity contribution is 4.96. The molecule has 3 heteroatoms. The fourth-order valence-corrected chi connectivity index (χ4v) is 3.82. The van der Waals surface area contributed by atoms with Crippen LogP contribution in [0.25, 0.3) is 0 Å². The van der Waals surface area contributed by atoms with Gasteiger partial charge in [0.1, 0.15) is 0 Å². The van der Waals surface area contributed by atoms with Gasteiger partial charge in [-0.15, -0.1) is 0 Å². The average Bonchev–Trinajstić information content (AvgIpc) is 2.85. The van der Waals surface area contributed by atoms with Crippen LogP contribution in [-0.2, 0) is 4.74 Å². The van der Waals surface area contributed by atoms with Crippen LogP contribution < -0.4 is 5.32 Å². The minimum atomic E-state index is 0.451. The monoisotopic (exact) mass is 268 g/mol. The van der Waals surface area contributed by atoms with Gasteiger partial charge in [0.15, 0.2) is 0 Å². The summed E-state index contributed by atoms with van der Waals surface area (Å²) < 4.78 is 5.74. The Morgan fingerprint density at radius 2 is 1.84 bits per heavy atom. The number of hydrogen-bond donors (Lipinski definition) is 1. The summed E-state index contributed by atoms with van der Waals surface area (Å²) in [5, 5.41) is 3.75. The maximum atomic E-state index is 5.74. The molecule has 2 rings (SSSR count). The van der Waals surface area contributed by atoms with Crippen molar-refractivity contribution in [3.8, 4) is 0 Å². The van der Waals surface area contributed by atoms with E-state index in [1.165, 1.54) is 25.8 Å². The molecule has 1 N–H and O–H groups in total. The van der Waals surface area contributed by atoms with Crippen molar-refractivity contribution in [2.75, 3.05) is 20.2 Å². The first-order valence-corrected chi connectivity index (χ1v) is 8.06. The summed E-state index contributed by atoms with van der Waals surface area (Å²) in [5.41, 5.74) is 0. The van der Waals surface area contributed by atoms with Gasteiger partial charge in [-0.05, 0) is 31.1 Å². The minimum absolute atomic E-state index is 0.451. The largest absolute Gasteiger partial charge is 0.380 e. The van der Waals surface area contributed by atoms with Crippen molar-refractivity contribution in [3.63, 3.8) is 0 Å². The topological polar surface area (TPSA) is 24.5 Å². The Balaban J connectivity index is 2.11. The predicted octanol–water partition coefficient (Wildman–Crippen LogP) is 2.51. The van der Waals surface area contributed by atoms with Gasteiger partial charge in [-0.1, -0.05) is 27.7 Å². The Hall–Kier alpha value is -0.120. The Bertz CT molecular complexity index is 280. The number of piperazine rings is 1. The van der Waals surface area contributed by atoms with E-state index in [4.69, 9.17) is 4.74 Å². The molecular formula is C16H32N2O. The first-order chi connectivity index (χ1) is 9.04. The minimum Gasteiger partial charge on any atom is -0.380 e. The molecule has 112 valence electrons. The van der Waals surface area contributed by atoms with E-state index in [-0.39, 0.29) is 0 Å². The molecular weight excluding hydrogens is 236 g/mol. The number of hydrogen-bond acceptors (Lipinski definition) is 3. The van der Waals surface area contributed by atoms with Crippen molar-refractivity contribution in [2.45, 2.75) is 71.2 Å². The van der Waals surface area contributed by atoms with Crippen molar-refractivity contribution in [3.05, 3.63) is 0 Å². The maximum absolute atomic E-state index is 5.74. The smallest absolute Gasteiger partial charge is 0.0726 e. The highest BCUT2D eigenvalue weighted by Gasteiger charge is 2.40. The van der Waals surface area contributed by atoms with Crippen LogP contribution in [-0.4, -0.2) is 49.3 Å². The van der Waals surface area contributed by atoms with Crippen LogP contribution in [0.5, 0.6) is 0 Å². The van der Waals surface area contributed by atoms with Gasteiger partial charge in [0.2, 0.25) is 0 Å². The third-order valence-electron chi connectivity index (χ3n) is 5.14. The van der Waals surface area contributed by atoms with Gasteiger partial charge >= 0.3 is 0 Å². The van der Waals surface area contributed by atoms with Crippen molar-refractivity contribution >= 4 is 0 Å². The predicted molar refractivity (Wildman–Crippen MR) is 80.4 cm³/mol. The lowest BCUT2D eigenvalue weighted by Crippen LogP contribution is -2.63. The van der Waals surface area contributed by atoms with Crippen LogP contribution >= 0.6 is 0 Å². The summed E-state index contributed by atoms with van der Waals surface area (Å²) in [6.45, 7) is 11.7. The first kappa shape index (κ1) is 15.3. The van der Waals surface area contributed by atoms with Crippen molar-refractivity contribution < 1.29 is 4.74 Å². The summed E-state index contributed by atoms with van der Waals surface area (Å²) in [5.74, 6) is 1.41. The lowest BCUT2D eigenvalue weighted by molar-refractivity contribution is -0.0191. The van der Waals surface area contributed by atoms with Crippen LogP contribution in [0.1, 0.15) is 47.0 Å². The molecule has 1 heterocycles. The van der Waals surface area contributed by atoms with Crippen LogP contribution in [0.3, 0.4) is 0 Å². The van der Waals surface area contributed by atoms with Crippen molar-refractivity contribution in [2.24, 2.45) is 11.8 Å². The van der Waals surface area contributed by atoms with Gasteiger partial charge in [0.05, 0.1) is 6.10 Å². The molecule has 19 heavy (non-hydrogen) atoms. The number of ether oxygens (including phenoxy) is 1. The molecule has 1 saturated carbocycles. The lowest BCUT2D eigenvalue weighted by Gasteiger charge is -2.47. The second kappa shape index (κ2) is 6.55. The van der Waals surface area contributed by atoms with Gasteiger partial charge in [-0.3, -0.25) is 4.90 Å². The Kier molecular flexibility index (Phi) is 5.27. The number of methoxy groups -OCH3 is 1. The van der Waals surface area contributed by atoms with E-state index >= 15 is 0 Å². The van der Waals surface area contributed by atoms with Gasteiger partial charge in [0.25, 0.3) is 0 Å². The standard InChI is InChI=1S/C16H32N2O/c1-11(2)13-10-18(15(9-17-13)12(3)4)14-7-6-8-16(14)19-5/h11-17H,6-10H2,1-5H3. The zero-order valence-electron chi connectivity index (χ0n) is 13.4. The van der Waals surface area contributed by atoms with Crippen molar-refractivity contribution in [1.29, 1.82) is 0 Å². The van der Waals surface area contributed by atoms with Crippen molar-refractivity contribution in [1.82, 2.24) is 10.2 Å². The Morgan fingerprint density at radius 3 is 2.42 bits per heavy atom. The van der Waals surface area contributed by atoms with E-state index in [9.17, 15) is 0 Å². The van der Waals surface area contributed by atoms with E-state index in [0.717, 1.165) is 6.54 Å². The first-order valence-electron chi connectivity index (χ1n) is 8.06. The molecule has 0 radical (unpaired) electrons.